The van der Waals surface area contributed by atoms with Gasteiger partial charge in [-0.2, -0.15) is 4.31 Å². The molecule has 1 rings (SSSR count). The smallest absolute Gasteiger partial charge is 0.233 e. The van der Waals surface area contributed by atoms with Crippen LogP contribution in [0.15, 0.2) is 0 Å². The van der Waals surface area contributed by atoms with Crippen molar-refractivity contribution in [3.63, 3.8) is 0 Å². The zero-order valence-corrected chi connectivity index (χ0v) is 11.9. The third kappa shape index (κ3) is 2.95. The van der Waals surface area contributed by atoms with Gasteiger partial charge in [0.2, 0.25) is 15.9 Å². The second kappa shape index (κ2) is 5.46. The van der Waals surface area contributed by atoms with Crippen molar-refractivity contribution in [3.05, 3.63) is 0 Å². The lowest BCUT2D eigenvalue weighted by Gasteiger charge is -2.34. The first-order valence-electron chi connectivity index (χ1n) is 5.22. The monoisotopic (exact) mass is 312 g/mol. The Bertz CT molecular complexity index is 348. The molecule has 7 heteroatoms. The van der Waals surface area contributed by atoms with Crippen molar-refractivity contribution >= 4 is 31.9 Å². The lowest BCUT2D eigenvalue weighted by Crippen LogP contribution is -2.52. The Balaban J connectivity index is 2.59. The van der Waals surface area contributed by atoms with Gasteiger partial charge in [0.25, 0.3) is 0 Å². The molecule has 1 heterocycles. The molecule has 5 nitrogen and oxygen atoms in total. The fourth-order valence-corrected chi connectivity index (χ4v) is 3.20. The molecule has 0 aromatic heterocycles. The standard InChI is InChI=1S/C9H17BrN2O3S/c1-8(2)16(14,15)12-5-3-11(4-6-12)9(13)7-10/h8H,3-7H2,1-2H3. The minimum atomic E-state index is -3.17. The van der Waals surface area contributed by atoms with Crippen molar-refractivity contribution < 1.29 is 13.2 Å². The van der Waals surface area contributed by atoms with Gasteiger partial charge in [-0.25, -0.2) is 8.42 Å². The number of alkyl halides is 1. The topological polar surface area (TPSA) is 57.7 Å². The number of hydrogen-bond donors (Lipinski definition) is 0. The molecule has 0 aliphatic carbocycles. The van der Waals surface area contributed by atoms with Crippen molar-refractivity contribution in [2.24, 2.45) is 0 Å². The second-order valence-electron chi connectivity index (χ2n) is 4.01. The Hall–Kier alpha value is -0.140. The predicted octanol–water partition coefficient (Wildman–Crippen LogP) is 0.264. The Labute approximate surface area is 105 Å². The summed E-state index contributed by atoms with van der Waals surface area (Å²) < 4.78 is 25.2. The zero-order valence-electron chi connectivity index (χ0n) is 9.52. The summed E-state index contributed by atoms with van der Waals surface area (Å²) in [6, 6.07) is 0. The Morgan fingerprint density at radius 3 is 2.12 bits per heavy atom. The van der Waals surface area contributed by atoms with Crippen LogP contribution in [0.3, 0.4) is 0 Å². The first-order chi connectivity index (χ1) is 7.39. The van der Waals surface area contributed by atoms with E-state index in [-0.39, 0.29) is 5.91 Å². The van der Waals surface area contributed by atoms with Crippen LogP contribution in [0, 0.1) is 0 Å². The van der Waals surface area contributed by atoms with Crippen molar-refractivity contribution in [1.29, 1.82) is 0 Å². The first-order valence-corrected chi connectivity index (χ1v) is 7.84. The minimum Gasteiger partial charge on any atom is -0.339 e. The fraction of sp³-hybridized carbons (Fsp3) is 0.889. The van der Waals surface area contributed by atoms with Gasteiger partial charge in [-0.1, -0.05) is 15.9 Å². The summed E-state index contributed by atoms with van der Waals surface area (Å²) in [5.74, 6) is 0.0154. The van der Waals surface area contributed by atoms with Crippen molar-refractivity contribution in [1.82, 2.24) is 9.21 Å². The highest BCUT2D eigenvalue weighted by Crippen LogP contribution is 2.12. The molecule has 94 valence electrons. The Kier molecular flexibility index (Phi) is 4.75. The Morgan fingerprint density at radius 2 is 1.75 bits per heavy atom. The van der Waals surface area contributed by atoms with Gasteiger partial charge in [0.1, 0.15) is 0 Å². The SMILES string of the molecule is CC(C)S(=O)(=O)N1CCN(C(=O)CBr)CC1. The number of sulfonamides is 1. The number of carbonyl (C=O) groups is 1. The third-order valence-electron chi connectivity index (χ3n) is 2.66. The van der Waals surface area contributed by atoms with Crippen LogP contribution >= 0.6 is 15.9 Å². The highest BCUT2D eigenvalue weighted by Gasteiger charge is 2.30. The molecule has 0 radical (unpaired) electrons. The van der Waals surface area contributed by atoms with E-state index >= 15 is 0 Å². The number of halogens is 1. The van der Waals surface area contributed by atoms with E-state index in [1.807, 2.05) is 0 Å². The van der Waals surface area contributed by atoms with Crippen LogP contribution < -0.4 is 0 Å². The van der Waals surface area contributed by atoms with E-state index in [0.717, 1.165) is 0 Å². The molecule has 1 aliphatic rings. The summed E-state index contributed by atoms with van der Waals surface area (Å²) in [7, 11) is -3.17. The van der Waals surface area contributed by atoms with Gasteiger partial charge >= 0.3 is 0 Å². The highest BCUT2D eigenvalue weighted by atomic mass is 79.9. The van der Waals surface area contributed by atoms with Gasteiger partial charge in [-0.05, 0) is 13.8 Å². The summed E-state index contributed by atoms with van der Waals surface area (Å²) >= 11 is 3.11. The van der Waals surface area contributed by atoms with Crippen LogP contribution in [-0.2, 0) is 14.8 Å². The van der Waals surface area contributed by atoms with E-state index in [1.54, 1.807) is 18.7 Å². The van der Waals surface area contributed by atoms with Crippen LogP contribution in [0.4, 0.5) is 0 Å². The van der Waals surface area contributed by atoms with Gasteiger partial charge in [-0.15, -0.1) is 0 Å². The van der Waals surface area contributed by atoms with Gasteiger partial charge in [0, 0.05) is 26.2 Å². The zero-order chi connectivity index (χ0) is 12.3. The maximum atomic E-state index is 11.8. The summed E-state index contributed by atoms with van der Waals surface area (Å²) in [6.07, 6.45) is 0. The molecule has 1 saturated heterocycles. The number of carbonyl (C=O) groups excluding carboxylic acids is 1. The number of nitrogens with zero attached hydrogens (tertiary/aromatic N) is 2. The molecule has 0 saturated carbocycles. The average Bonchev–Trinajstić information content (AvgIpc) is 2.28. The van der Waals surface area contributed by atoms with Crippen LogP contribution in [0.1, 0.15) is 13.8 Å². The highest BCUT2D eigenvalue weighted by molar-refractivity contribution is 9.09. The summed E-state index contributed by atoms with van der Waals surface area (Å²) in [4.78, 5) is 13.0. The molecule has 0 spiro atoms. The second-order valence-corrected chi connectivity index (χ2v) is 7.06. The quantitative estimate of drug-likeness (QED) is 0.703. The van der Waals surface area contributed by atoms with Crippen molar-refractivity contribution in [2.45, 2.75) is 19.1 Å². The molecule has 0 N–H and O–H groups in total. The van der Waals surface area contributed by atoms with Crippen molar-refractivity contribution in [2.75, 3.05) is 31.5 Å². The molecular weight excluding hydrogens is 296 g/mol. The average molecular weight is 313 g/mol. The number of rotatable bonds is 3. The Morgan fingerprint density at radius 1 is 1.25 bits per heavy atom. The van der Waals surface area contributed by atoms with Gasteiger partial charge in [0.05, 0.1) is 10.6 Å². The molecule has 0 atom stereocenters. The number of hydrogen-bond acceptors (Lipinski definition) is 3. The molecule has 0 bridgehead atoms. The third-order valence-corrected chi connectivity index (χ3v) is 5.42. The first kappa shape index (κ1) is 13.9. The van der Waals surface area contributed by atoms with E-state index in [0.29, 0.717) is 31.5 Å². The lowest BCUT2D eigenvalue weighted by molar-refractivity contribution is -0.129. The molecule has 1 amide bonds. The fourth-order valence-electron chi connectivity index (χ4n) is 1.57. The molecule has 0 unspecified atom stereocenters. The maximum Gasteiger partial charge on any atom is 0.233 e. The van der Waals surface area contributed by atoms with E-state index in [9.17, 15) is 13.2 Å². The number of piperazine rings is 1. The lowest BCUT2D eigenvalue weighted by atomic mass is 10.3. The molecule has 0 aromatic carbocycles. The normalized spacial score (nSPS) is 19.1. The molecule has 0 aromatic rings. The van der Waals surface area contributed by atoms with E-state index in [1.165, 1.54) is 4.31 Å². The van der Waals surface area contributed by atoms with E-state index < -0.39 is 15.3 Å². The number of amides is 1. The molecular formula is C9H17BrN2O3S. The molecule has 1 fully saturated rings. The van der Waals surface area contributed by atoms with Crippen LogP contribution in [0.2, 0.25) is 0 Å². The van der Waals surface area contributed by atoms with Crippen LogP contribution in [0.25, 0.3) is 0 Å². The minimum absolute atomic E-state index is 0.0154. The van der Waals surface area contributed by atoms with Crippen molar-refractivity contribution in [3.8, 4) is 0 Å². The summed E-state index contributed by atoms with van der Waals surface area (Å²) in [5.41, 5.74) is 0. The van der Waals surface area contributed by atoms with Gasteiger partial charge < -0.3 is 4.90 Å². The maximum absolute atomic E-state index is 11.8. The largest absolute Gasteiger partial charge is 0.339 e. The predicted molar refractivity (Wildman–Crippen MR) is 66.0 cm³/mol. The van der Waals surface area contributed by atoms with E-state index in [4.69, 9.17) is 0 Å². The van der Waals surface area contributed by atoms with Gasteiger partial charge in [0.15, 0.2) is 0 Å². The van der Waals surface area contributed by atoms with Crippen LogP contribution in [0.5, 0.6) is 0 Å². The van der Waals surface area contributed by atoms with Crippen LogP contribution in [-0.4, -0.2) is 60.3 Å². The molecule has 16 heavy (non-hydrogen) atoms. The van der Waals surface area contributed by atoms with E-state index in [2.05, 4.69) is 15.9 Å². The summed E-state index contributed by atoms with van der Waals surface area (Å²) in [5, 5.41) is -0.102. The summed E-state index contributed by atoms with van der Waals surface area (Å²) in [6.45, 7) is 5.11. The molecule has 1 aliphatic heterocycles. The van der Waals surface area contributed by atoms with Gasteiger partial charge in [-0.3, -0.25) is 4.79 Å².